The van der Waals surface area contributed by atoms with Gasteiger partial charge in [0.15, 0.2) is 0 Å². The van der Waals surface area contributed by atoms with Gasteiger partial charge in [0.2, 0.25) is 15.9 Å². The van der Waals surface area contributed by atoms with Crippen molar-refractivity contribution in [1.29, 1.82) is 5.26 Å². The second kappa shape index (κ2) is 8.48. The number of aryl methyl sites for hydroxylation is 1. The fourth-order valence-electron chi connectivity index (χ4n) is 2.22. The lowest BCUT2D eigenvalue weighted by Gasteiger charge is -2.07. The van der Waals surface area contributed by atoms with Gasteiger partial charge in [-0.3, -0.25) is 4.79 Å². The summed E-state index contributed by atoms with van der Waals surface area (Å²) in [5.41, 5.74) is 1.07. The van der Waals surface area contributed by atoms with Crippen LogP contribution < -0.4 is 10.0 Å². The SMILES string of the molecule is COC(=O)c1cc(S(=O)(=O)NCCC(=O)Nc2ccc(C#N)cc2)cn1C. The summed E-state index contributed by atoms with van der Waals surface area (Å²) in [5.74, 6) is -1.04. The summed E-state index contributed by atoms with van der Waals surface area (Å²) in [6.45, 7) is -0.118. The topological polar surface area (TPSA) is 130 Å². The highest BCUT2D eigenvalue weighted by atomic mass is 32.2. The van der Waals surface area contributed by atoms with Gasteiger partial charge < -0.3 is 14.6 Å². The molecule has 9 nitrogen and oxygen atoms in total. The molecule has 1 aromatic heterocycles. The summed E-state index contributed by atoms with van der Waals surface area (Å²) in [6.07, 6.45) is 1.20. The third kappa shape index (κ3) is 5.16. The number of methoxy groups -OCH3 is 1. The van der Waals surface area contributed by atoms with Gasteiger partial charge in [-0.2, -0.15) is 5.26 Å². The third-order valence-corrected chi connectivity index (χ3v) is 5.05. The Morgan fingerprint density at radius 1 is 1.26 bits per heavy atom. The van der Waals surface area contributed by atoms with Crippen LogP contribution in [0.15, 0.2) is 41.4 Å². The molecule has 1 aromatic carbocycles. The summed E-state index contributed by atoms with van der Waals surface area (Å²) in [6, 6.07) is 9.46. The number of nitrogens with one attached hydrogen (secondary N) is 2. The van der Waals surface area contributed by atoms with E-state index in [1.54, 1.807) is 24.3 Å². The van der Waals surface area contributed by atoms with Crippen LogP contribution in [0.4, 0.5) is 5.69 Å². The predicted octanol–water partition coefficient (Wildman–Crippen LogP) is 0.990. The average Bonchev–Trinajstić information content (AvgIpc) is 3.04. The van der Waals surface area contributed by atoms with Crippen molar-refractivity contribution in [3.8, 4) is 6.07 Å². The zero-order valence-corrected chi connectivity index (χ0v) is 15.5. The van der Waals surface area contributed by atoms with Crippen molar-refractivity contribution in [2.24, 2.45) is 7.05 Å². The zero-order valence-electron chi connectivity index (χ0n) is 14.7. The van der Waals surface area contributed by atoms with Crippen LogP contribution in [0.1, 0.15) is 22.5 Å². The van der Waals surface area contributed by atoms with Gasteiger partial charge in [0, 0.05) is 31.9 Å². The zero-order chi connectivity index (χ0) is 20.0. The van der Waals surface area contributed by atoms with Gasteiger partial charge in [-0.05, 0) is 30.3 Å². The van der Waals surface area contributed by atoms with Gasteiger partial charge in [0.1, 0.15) is 10.6 Å². The molecule has 0 aliphatic carbocycles. The van der Waals surface area contributed by atoms with E-state index in [1.165, 1.54) is 31.0 Å². The molecule has 0 bridgehead atoms. The number of carbonyl (C=O) groups is 2. The second-order valence-corrected chi connectivity index (χ2v) is 7.32. The fourth-order valence-corrected chi connectivity index (χ4v) is 3.32. The number of amides is 1. The van der Waals surface area contributed by atoms with Crippen molar-refractivity contribution in [3.05, 3.63) is 47.8 Å². The molecule has 27 heavy (non-hydrogen) atoms. The van der Waals surface area contributed by atoms with Crippen LogP contribution in [0.5, 0.6) is 0 Å². The molecular formula is C17H18N4O5S. The van der Waals surface area contributed by atoms with E-state index >= 15 is 0 Å². The quantitative estimate of drug-likeness (QED) is 0.678. The van der Waals surface area contributed by atoms with Gasteiger partial charge in [-0.25, -0.2) is 17.9 Å². The Morgan fingerprint density at radius 2 is 1.93 bits per heavy atom. The molecule has 0 spiro atoms. The van der Waals surface area contributed by atoms with Gasteiger partial charge in [-0.15, -0.1) is 0 Å². The smallest absolute Gasteiger partial charge is 0.354 e. The van der Waals surface area contributed by atoms with Crippen molar-refractivity contribution in [1.82, 2.24) is 9.29 Å². The molecule has 0 saturated heterocycles. The molecule has 2 N–H and O–H groups in total. The molecule has 1 amide bonds. The Balaban J connectivity index is 1.92. The summed E-state index contributed by atoms with van der Waals surface area (Å²) in [5, 5.41) is 11.3. The van der Waals surface area contributed by atoms with E-state index in [9.17, 15) is 18.0 Å². The van der Waals surface area contributed by atoms with Crippen LogP contribution in [0, 0.1) is 11.3 Å². The third-order valence-electron chi connectivity index (χ3n) is 3.63. The molecule has 142 valence electrons. The second-order valence-electron chi connectivity index (χ2n) is 5.55. The molecule has 0 aliphatic heterocycles. The number of ether oxygens (including phenoxy) is 1. The number of hydrogen-bond donors (Lipinski definition) is 2. The Hall–Kier alpha value is -3.16. The van der Waals surface area contributed by atoms with Gasteiger partial charge in [0.05, 0.1) is 18.7 Å². The number of benzene rings is 1. The monoisotopic (exact) mass is 390 g/mol. The number of hydrogen-bond acceptors (Lipinski definition) is 6. The van der Waals surface area contributed by atoms with E-state index in [0.29, 0.717) is 11.3 Å². The Kier molecular flexibility index (Phi) is 6.33. The molecule has 0 aliphatic rings. The molecule has 1 heterocycles. The van der Waals surface area contributed by atoms with Gasteiger partial charge in [-0.1, -0.05) is 0 Å². The van der Waals surface area contributed by atoms with Crippen molar-refractivity contribution >= 4 is 27.6 Å². The van der Waals surface area contributed by atoms with Gasteiger partial charge in [0.25, 0.3) is 0 Å². The van der Waals surface area contributed by atoms with Crippen molar-refractivity contribution in [2.75, 3.05) is 19.0 Å². The highest BCUT2D eigenvalue weighted by Gasteiger charge is 2.20. The van der Waals surface area contributed by atoms with Crippen LogP contribution in [-0.4, -0.2) is 38.5 Å². The molecule has 0 fully saturated rings. The maximum atomic E-state index is 12.3. The molecule has 10 heteroatoms. The lowest BCUT2D eigenvalue weighted by atomic mass is 10.2. The molecule has 0 saturated carbocycles. The van der Waals surface area contributed by atoms with Crippen LogP contribution in [0.3, 0.4) is 0 Å². The number of aromatic nitrogens is 1. The normalized spacial score (nSPS) is 10.9. The number of nitriles is 1. The van der Waals surface area contributed by atoms with E-state index in [1.807, 2.05) is 6.07 Å². The van der Waals surface area contributed by atoms with Crippen LogP contribution in [0.2, 0.25) is 0 Å². The van der Waals surface area contributed by atoms with Crippen molar-refractivity contribution < 1.29 is 22.7 Å². The van der Waals surface area contributed by atoms with Gasteiger partial charge >= 0.3 is 5.97 Å². The molecular weight excluding hydrogens is 372 g/mol. The first-order valence-corrected chi connectivity index (χ1v) is 9.29. The lowest BCUT2D eigenvalue weighted by molar-refractivity contribution is -0.116. The van der Waals surface area contributed by atoms with E-state index in [0.717, 1.165) is 0 Å². The summed E-state index contributed by atoms with van der Waals surface area (Å²) < 4.78 is 32.8. The largest absolute Gasteiger partial charge is 0.464 e. The summed E-state index contributed by atoms with van der Waals surface area (Å²) in [4.78, 5) is 23.4. The number of nitrogens with zero attached hydrogens (tertiary/aromatic N) is 2. The van der Waals surface area contributed by atoms with Crippen molar-refractivity contribution in [2.45, 2.75) is 11.3 Å². The Labute approximate surface area is 156 Å². The Morgan fingerprint density at radius 3 is 2.52 bits per heavy atom. The lowest BCUT2D eigenvalue weighted by Crippen LogP contribution is -2.27. The molecule has 0 atom stereocenters. The number of anilines is 1. The predicted molar refractivity (Wildman–Crippen MR) is 96.3 cm³/mol. The fraction of sp³-hybridized carbons (Fsp3) is 0.235. The maximum absolute atomic E-state index is 12.3. The van der Waals surface area contributed by atoms with E-state index in [2.05, 4.69) is 14.8 Å². The van der Waals surface area contributed by atoms with Crippen molar-refractivity contribution in [3.63, 3.8) is 0 Å². The first-order valence-electron chi connectivity index (χ1n) is 7.81. The summed E-state index contributed by atoms with van der Waals surface area (Å²) >= 11 is 0. The maximum Gasteiger partial charge on any atom is 0.354 e. The standard InChI is InChI=1S/C17H18N4O5S/c1-21-11-14(9-15(21)17(23)26-2)27(24,25)19-8-7-16(22)20-13-5-3-12(10-18)4-6-13/h3-6,9,11,19H,7-8H2,1-2H3,(H,20,22). The number of carbonyl (C=O) groups excluding carboxylic acids is 2. The van der Waals surface area contributed by atoms with Crippen LogP contribution >= 0.6 is 0 Å². The number of esters is 1. The number of sulfonamides is 1. The minimum atomic E-state index is -3.88. The first-order chi connectivity index (χ1) is 12.8. The minimum absolute atomic E-state index is 0.0874. The molecule has 2 aromatic rings. The van der Waals surface area contributed by atoms with E-state index < -0.39 is 16.0 Å². The minimum Gasteiger partial charge on any atom is -0.464 e. The summed E-state index contributed by atoms with van der Waals surface area (Å²) in [7, 11) is -1.15. The van der Waals surface area contributed by atoms with Crippen LogP contribution in [0.25, 0.3) is 0 Å². The molecule has 2 rings (SSSR count). The highest BCUT2D eigenvalue weighted by molar-refractivity contribution is 7.89. The Bertz CT molecular complexity index is 987. The number of rotatable bonds is 7. The van der Waals surface area contributed by atoms with E-state index in [-0.39, 0.29) is 29.5 Å². The highest BCUT2D eigenvalue weighted by Crippen LogP contribution is 2.14. The van der Waals surface area contributed by atoms with E-state index in [4.69, 9.17) is 5.26 Å². The molecule has 0 radical (unpaired) electrons. The molecule has 0 unspecified atom stereocenters. The first kappa shape index (κ1) is 20.2. The van der Waals surface area contributed by atoms with Crippen LogP contribution in [-0.2, 0) is 26.6 Å². The average molecular weight is 390 g/mol.